The normalized spacial score (nSPS) is 15.4. The van der Waals surface area contributed by atoms with Crippen molar-refractivity contribution >= 4 is 11.6 Å². The van der Waals surface area contributed by atoms with Gasteiger partial charge in [0.15, 0.2) is 0 Å². The highest BCUT2D eigenvalue weighted by atomic mass is 16.2. The van der Waals surface area contributed by atoms with Gasteiger partial charge in [-0.3, -0.25) is 9.78 Å². The van der Waals surface area contributed by atoms with E-state index >= 15 is 0 Å². The van der Waals surface area contributed by atoms with Crippen LogP contribution in [0.5, 0.6) is 0 Å². The quantitative estimate of drug-likeness (QED) is 0.824. The molecule has 1 aliphatic carbocycles. The molecule has 2 rings (SSSR count). The van der Waals surface area contributed by atoms with Crippen molar-refractivity contribution in [3.8, 4) is 0 Å². The fraction of sp³-hybridized carbons (Fsp3) is 0.467. The number of hydrogen-bond donors (Lipinski definition) is 1. The molecule has 0 radical (unpaired) electrons. The van der Waals surface area contributed by atoms with E-state index < -0.39 is 0 Å². The highest BCUT2D eigenvalue weighted by Gasteiger charge is 2.25. The predicted octanol–water partition coefficient (Wildman–Crippen LogP) is 2.16. The number of nitrogen functional groups attached to an aromatic ring is 1. The summed E-state index contributed by atoms with van der Waals surface area (Å²) >= 11 is 0. The van der Waals surface area contributed by atoms with E-state index in [9.17, 15) is 4.79 Å². The average Bonchev–Trinajstić information content (AvgIpc) is 2.92. The largest absolute Gasteiger partial charge is 0.397 e. The lowest BCUT2D eigenvalue weighted by Gasteiger charge is -2.27. The van der Waals surface area contributed by atoms with E-state index in [1.807, 2.05) is 11.0 Å². The second-order valence-corrected chi connectivity index (χ2v) is 5.03. The molecule has 1 aromatic heterocycles. The predicted molar refractivity (Wildman–Crippen MR) is 76.5 cm³/mol. The molecular weight excluding hydrogens is 238 g/mol. The number of aromatic nitrogens is 1. The van der Waals surface area contributed by atoms with E-state index in [2.05, 4.69) is 11.6 Å². The molecule has 4 heteroatoms. The van der Waals surface area contributed by atoms with Gasteiger partial charge in [0.1, 0.15) is 0 Å². The summed E-state index contributed by atoms with van der Waals surface area (Å²) in [6.07, 6.45) is 8.37. The molecule has 19 heavy (non-hydrogen) atoms. The molecule has 0 atom stereocenters. The monoisotopic (exact) mass is 259 g/mol. The van der Waals surface area contributed by atoms with Crippen molar-refractivity contribution in [1.82, 2.24) is 9.88 Å². The highest BCUT2D eigenvalue weighted by Crippen LogP contribution is 2.24. The molecule has 4 nitrogen and oxygen atoms in total. The van der Waals surface area contributed by atoms with Gasteiger partial charge in [-0.2, -0.15) is 0 Å². The van der Waals surface area contributed by atoms with Gasteiger partial charge >= 0.3 is 0 Å². The molecule has 2 N–H and O–H groups in total. The van der Waals surface area contributed by atoms with Crippen LogP contribution in [0.15, 0.2) is 31.0 Å². The zero-order chi connectivity index (χ0) is 13.7. The minimum atomic E-state index is 0.129. The van der Waals surface area contributed by atoms with Gasteiger partial charge in [0.25, 0.3) is 0 Å². The van der Waals surface area contributed by atoms with E-state index in [0.29, 0.717) is 24.7 Å². The number of rotatable bonds is 5. The number of nitrogens with two attached hydrogens (primary N) is 1. The molecular formula is C15H21N3O. The summed E-state index contributed by atoms with van der Waals surface area (Å²) in [5, 5.41) is 0. The Morgan fingerprint density at radius 1 is 1.47 bits per heavy atom. The maximum absolute atomic E-state index is 12.4. The van der Waals surface area contributed by atoms with Crippen LogP contribution in [-0.2, 0) is 11.2 Å². The molecule has 1 heterocycles. The molecule has 0 aliphatic heterocycles. The van der Waals surface area contributed by atoms with Crippen LogP contribution in [0.2, 0.25) is 0 Å². The summed E-state index contributed by atoms with van der Waals surface area (Å²) in [5.41, 5.74) is 6.98. The third-order valence-corrected chi connectivity index (χ3v) is 3.59. The molecule has 0 aromatic carbocycles. The fourth-order valence-corrected chi connectivity index (χ4v) is 2.61. The molecule has 0 saturated heterocycles. The van der Waals surface area contributed by atoms with Gasteiger partial charge in [-0.15, -0.1) is 6.58 Å². The molecule has 1 amide bonds. The van der Waals surface area contributed by atoms with E-state index in [0.717, 1.165) is 18.5 Å². The van der Waals surface area contributed by atoms with Gasteiger partial charge in [0.2, 0.25) is 5.91 Å². The highest BCUT2D eigenvalue weighted by molar-refractivity contribution is 5.79. The first-order chi connectivity index (χ1) is 9.20. The third kappa shape index (κ3) is 3.56. The van der Waals surface area contributed by atoms with Crippen molar-refractivity contribution in [3.63, 3.8) is 0 Å². The maximum Gasteiger partial charge on any atom is 0.229 e. The number of carbonyl (C=O) groups is 1. The Bertz CT molecular complexity index is 435. The molecule has 1 saturated carbocycles. The molecule has 1 aliphatic rings. The standard InChI is InChI=1S/C15H21N3O/c1-2-9-18(14-5-3-4-6-14)15(19)10-13-8-7-12(16)11-17-13/h2,7-8,11,14H,1,3-6,9-10,16H2. The van der Waals surface area contributed by atoms with Crippen LogP contribution in [0.1, 0.15) is 31.4 Å². The smallest absolute Gasteiger partial charge is 0.229 e. The number of carbonyl (C=O) groups excluding carboxylic acids is 1. The van der Waals surface area contributed by atoms with Crippen LogP contribution in [0.4, 0.5) is 5.69 Å². The van der Waals surface area contributed by atoms with Crippen LogP contribution < -0.4 is 5.73 Å². The second-order valence-electron chi connectivity index (χ2n) is 5.03. The van der Waals surface area contributed by atoms with E-state index in [4.69, 9.17) is 5.73 Å². The maximum atomic E-state index is 12.4. The van der Waals surface area contributed by atoms with Crippen LogP contribution in [0, 0.1) is 0 Å². The van der Waals surface area contributed by atoms with Gasteiger partial charge < -0.3 is 10.6 Å². The zero-order valence-corrected chi connectivity index (χ0v) is 11.2. The second kappa shape index (κ2) is 6.36. The fourth-order valence-electron chi connectivity index (χ4n) is 2.61. The van der Waals surface area contributed by atoms with Gasteiger partial charge in [-0.25, -0.2) is 0 Å². The van der Waals surface area contributed by atoms with E-state index in [1.165, 1.54) is 12.8 Å². The van der Waals surface area contributed by atoms with Crippen molar-refractivity contribution in [3.05, 3.63) is 36.7 Å². The number of pyridine rings is 1. The van der Waals surface area contributed by atoms with Gasteiger partial charge in [0.05, 0.1) is 18.3 Å². The third-order valence-electron chi connectivity index (χ3n) is 3.59. The molecule has 0 spiro atoms. The number of hydrogen-bond acceptors (Lipinski definition) is 3. The van der Waals surface area contributed by atoms with Crippen molar-refractivity contribution in [2.45, 2.75) is 38.1 Å². The van der Waals surface area contributed by atoms with Crippen LogP contribution in [-0.4, -0.2) is 28.4 Å². The Morgan fingerprint density at radius 2 is 2.21 bits per heavy atom. The summed E-state index contributed by atoms with van der Waals surface area (Å²) in [7, 11) is 0. The average molecular weight is 259 g/mol. The Morgan fingerprint density at radius 3 is 2.79 bits per heavy atom. The van der Waals surface area contributed by atoms with Gasteiger partial charge in [-0.05, 0) is 25.0 Å². The summed E-state index contributed by atoms with van der Waals surface area (Å²) < 4.78 is 0. The van der Waals surface area contributed by atoms with Crippen molar-refractivity contribution < 1.29 is 4.79 Å². The Balaban J connectivity index is 2.02. The number of amides is 1. The minimum Gasteiger partial charge on any atom is -0.397 e. The zero-order valence-electron chi connectivity index (χ0n) is 11.2. The lowest BCUT2D eigenvalue weighted by Crippen LogP contribution is -2.40. The first kappa shape index (κ1) is 13.6. The SMILES string of the molecule is C=CCN(C(=O)Cc1ccc(N)cn1)C1CCCC1. The Kier molecular flexibility index (Phi) is 4.55. The van der Waals surface area contributed by atoms with Gasteiger partial charge in [-0.1, -0.05) is 18.9 Å². The van der Waals surface area contributed by atoms with E-state index in [1.54, 1.807) is 18.3 Å². The summed E-state index contributed by atoms with van der Waals surface area (Å²) in [6.45, 7) is 4.37. The Labute approximate surface area is 114 Å². The lowest BCUT2D eigenvalue weighted by atomic mass is 10.1. The van der Waals surface area contributed by atoms with E-state index in [-0.39, 0.29) is 5.91 Å². The summed E-state index contributed by atoms with van der Waals surface area (Å²) in [4.78, 5) is 18.5. The summed E-state index contributed by atoms with van der Waals surface area (Å²) in [5.74, 6) is 0.129. The van der Waals surface area contributed by atoms with Crippen molar-refractivity contribution in [2.24, 2.45) is 0 Å². The number of nitrogens with zero attached hydrogens (tertiary/aromatic N) is 2. The molecule has 0 bridgehead atoms. The molecule has 1 aromatic rings. The molecule has 1 fully saturated rings. The van der Waals surface area contributed by atoms with Crippen LogP contribution in [0.25, 0.3) is 0 Å². The topological polar surface area (TPSA) is 59.2 Å². The van der Waals surface area contributed by atoms with Gasteiger partial charge in [0, 0.05) is 18.3 Å². The minimum absolute atomic E-state index is 0.129. The Hall–Kier alpha value is -1.84. The first-order valence-electron chi connectivity index (χ1n) is 6.81. The molecule has 102 valence electrons. The summed E-state index contributed by atoms with van der Waals surface area (Å²) in [6, 6.07) is 3.97. The molecule has 0 unspecified atom stereocenters. The number of anilines is 1. The van der Waals surface area contributed by atoms with Crippen LogP contribution in [0.3, 0.4) is 0 Å². The van der Waals surface area contributed by atoms with Crippen molar-refractivity contribution in [1.29, 1.82) is 0 Å². The van der Waals surface area contributed by atoms with Crippen LogP contribution >= 0.6 is 0 Å². The first-order valence-corrected chi connectivity index (χ1v) is 6.81. The van der Waals surface area contributed by atoms with Crippen molar-refractivity contribution in [2.75, 3.05) is 12.3 Å². The lowest BCUT2D eigenvalue weighted by molar-refractivity contribution is -0.132.